The average Bonchev–Trinajstić information content (AvgIpc) is 2.45. The van der Waals surface area contributed by atoms with E-state index in [9.17, 15) is 4.79 Å². The maximum absolute atomic E-state index is 12.2. The number of thiocarbonyl (C=S) groups is 1. The number of benzene rings is 2. The third-order valence-electron chi connectivity index (χ3n) is 3.64. The molecule has 22 heavy (non-hydrogen) atoms. The van der Waals surface area contributed by atoms with Gasteiger partial charge < -0.3 is 5.32 Å². The van der Waals surface area contributed by atoms with E-state index in [1.165, 1.54) is 0 Å². The molecule has 0 aromatic heterocycles. The molecule has 4 heteroatoms. The summed E-state index contributed by atoms with van der Waals surface area (Å²) in [6.07, 6.45) is 0. The fraction of sp³-hybridized carbons (Fsp3) is 0.222. The predicted molar refractivity (Wildman–Crippen MR) is 95.5 cm³/mol. The molecule has 0 radical (unpaired) electrons. The number of nitrogens with one attached hydrogen (secondary N) is 2. The Morgan fingerprint density at radius 1 is 0.909 bits per heavy atom. The van der Waals surface area contributed by atoms with Crippen LogP contribution in [0.2, 0.25) is 0 Å². The molecular weight excluding hydrogens is 292 g/mol. The summed E-state index contributed by atoms with van der Waals surface area (Å²) in [6, 6.07) is 11.7. The number of amides is 1. The zero-order valence-electron chi connectivity index (χ0n) is 13.3. The van der Waals surface area contributed by atoms with Crippen molar-refractivity contribution in [3.05, 3.63) is 64.2 Å². The van der Waals surface area contributed by atoms with E-state index < -0.39 is 0 Å². The summed E-state index contributed by atoms with van der Waals surface area (Å²) in [5.74, 6) is -0.203. The second-order valence-electron chi connectivity index (χ2n) is 5.53. The molecule has 0 saturated carbocycles. The Bertz CT molecular complexity index is 738. The highest BCUT2D eigenvalue weighted by atomic mass is 32.1. The van der Waals surface area contributed by atoms with Crippen LogP contribution in [0, 0.1) is 27.7 Å². The van der Waals surface area contributed by atoms with Crippen molar-refractivity contribution in [2.75, 3.05) is 5.32 Å². The standard InChI is InChI=1S/C18H20N2OS/c1-11-5-6-13(3)16(9-11)19-18(22)20-17(21)15-8-7-12(2)14(4)10-15/h5-10H,1-4H3,(H2,19,20,21,22). The van der Waals surface area contributed by atoms with Crippen molar-refractivity contribution in [1.29, 1.82) is 0 Å². The van der Waals surface area contributed by atoms with Crippen molar-refractivity contribution < 1.29 is 4.79 Å². The van der Waals surface area contributed by atoms with Crippen molar-refractivity contribution in [2.45, 2.75) is 27.7 Å². The summed E-state index contributed by atoms with van der Waals surface area (Å²) in [5.41, 5.74) is 5.97. The molecule has 0 bridgehead atoms. The van der Waals surface area contributed by atoms with E-state index >= 15 is 0 Å². The Labute approximate surface area is 136 Å². The highest BCUT2D eigenvalue weighted by molar-refractivity contribution is 7.80. The number of carbonyl (C=O) groups excluding carboxylic acids is 1. The highest BCUT2D eigenvalue weighted by Crippen LogP contribution is 2.16. The normalized spacial score (nSPS) is 10.2. The van der Waals surface area contributed by atoms with Crippen LogP contribution < -0.4 is 10.6 Å². The SMILES string of the molecule is Cc1ccc(C)c(NC(=S)NC(=O)c2ccc(C)c(C)c2)c1. The minimum atomic E-state index is -0.203. The van der Waals surface area contributed by atoms with Crippen LogP contribution in [0.3, 0.4) is 0 Å². The molecule has 2 N–H and O–H groups in total. The van der Waals surface area contributed by atoms with Crippen LogP contribution in [-0.4, -0.2) is 11.0 Å². The van der Waals surface area contributed by atoms with Gasteiger partial charge >= 0.3 is 0 Å². The van der Waals surface area contributed by atoms with Gasteiger partial charge in [0.1, 0.15) is 0 Å². The molecule has 2 aromatic rings. The summed E-state index contributed by atoms with van der Waals surface area (Å²) in [6.45, 7) is 8.01. The van der Waals surface area contributed by atoms with Crippen molar-refractivity contribution >= 4 is 28.9 Å². The fourth-order valence-corrected chi connectivity index (χ4v) is 2.28. The first-order valence-electron chi connectivity index (χ1n) is 7.13. The Balaban J connectivity index is 2.06. The van der Waals surface area contributed by atoms with Crippen LogP contribution in [0.1, 0.15) is 32.6 Å². The van der Waals surface area contributed by atoms with Crippen LogP contribution in [-0.2, 0) is 0 Å². The van der Waals surface area contributed by atoms with Crippen molar-refractivity contribution in [3.63, 3.8) is 0 Å². The Morgan fingerprint density at radius 2 is 1.59 bits per heavy atom. The molecule has 0 saturated heterocycles. The lowest BCUT2D eigenvalue weighted by Crippen LogP contribution is -2.34. The van der Waals surface area contributed by atoms with Crippen LogP contribution in [0.15, 0.2) is 36.4 Å². The molecule has 0 aliphatic carbocycles. The third kappa shape index (κ3) is 3.92. The molecule has 2 aromatic carbocycles. The van der Waals surface area contributed by atoms with E-state index in [4.69, 9.17) is 12.2 Å². The number of hydrogen-bond donors (Lipinski definition) is 2. The summed E-state index contributed by atoms with van der Waals surface area (Å²) < 4.78 is 0. The number of carbonyl (C=O) groups is 1. The van der Waals surface area contributed by atoms with E-state index in [0.717, 1.165) is 27.9 Å². The molecule has 114 valence electrons. The van der Waals surface area contributed by atoms with Gasteiger partial charge in [0.15, 0.2) is 5.11 Å². The summed E-state index contributed by atoms with van der Waals surface area (Å²) in [4.78, 5) is 12.2. The van der Waals surface area contributed by atoms with Crippen LogP contribution in [0.4, 0.5) is 5.69 Å². The van der Waals surface area contributed by atoms with Gasteiger partial charge in [-0.25, -0.2) is 0 Å². The van der Waals surface area contributed by atoms with Crippen LogP contribution in [0.5, 0.6) is 0 Å². The topological polar surface area (TPSA) is 41.1 Å². The maximum atomic E-state index is 12.2. The smallest absolute Gasteiger partial charge is 0.257 e. The fourth-order valence-electron chi connectivity index (χ4n) is 2.08. The molecule has 0 aliphatic rings. The van der Waals surface area contributed by atoms with Crippen molar-refractivity contribution in [2.24, 2.45) is 0 Å². The minimum Gasteiger partial charge on any atom is -0.332 e. The largest absolute Gasteiger partial charge is 0.332 e. The first kappa shape index (κ1) is 16.2. The summed E-state index contributed by atoms with van der Waals surface area (Å²) in [5, 5.41) is 6.10. The Kier molecular flexibility index (Phi) is 4.93. The molecule has 0 unspecified atom stereocenters. The quantitative estimate of drug-likeness (QED) is 0.822. The number of anilines is 1. The number of rotatable bonds is 2. The first-order chi connectivity index (χ1) is 10.4. The maximum Gasteiger partial charge on any atom is 0.257 e. The van der Waals surface area contributed by atoms with Gasteiger partial charge in [-0.2, -0.15) is 0 Å². The molecule has 0 fully saturated rings. The molecule has 0 atom stereocenters. The average molecular weight is 312 g/mol. The van der Waals surface area contributed by atoms with Gasteiger partial charge in [-0.3, -0.25) is 10.1 Å². The van der Waals surface area contributed by atoms with E-state index in [0.29, 0.717) is 10.7 Å². The van der Waals surface area contributed by atoms with E-state index in [-0.39, 0.29) is 5.91 Å². The molecule has 1 amide bonds. The molecule has 0 spiro atoms. The van der Waals surface area contributed by atoms with Gasteiger partial charge in [0.05, 0.1) is 0 Å². The van der Waals surface area contributed by atoms with Crippen LogP contribution >= 0.6 is 12.2 Å². The monoisotopic (exact) mass is 312 g/mol. The molecular formula is C18H20N2OS. The lowest BCUT2D eigenvalue weighted by atomic mass is 10.1. The van der Waals surface area contributed by atoms with Gasteiger partial charge in [0.25, 0.3) is 5.91 Å². The van der Waals surface area contributed by atoms with Gasteiger partial charge in [-0.1, -0.05) is 18.2 Å². The van der Waals surface area contributed by atoms with Crippen molar-refractivity contribution in [1.82, 2.24) is 5.32 Å². The highest BCUT2D eigenvalue weighted by Gasteiger charge is 2.09. The number of aryl methyl sites for hydroxylation is 4. The lowest BCUT2D eigenvalue weighted by molar-refractivity contribution is 0.0977. The van der Waals surface area contributed by atoms with Gasteiger partial charge in [-0.05, 0) is 80.4 Å². The van der Waals surface area contributed by atoms with Gasteiger partial charge in [0, 0.05) is 11.3 Å². The van der Waals surface area contributed by atoms with Crippen LogP contribution in [0.25, 0.3) is 0 Å². The van der Waals surface area contributed by atoms with E-state index in [1.54, 1.807) is 6.07 Å². The van der Waals surface area contributed by atoms with Gasteiger partial charge in [0.2, 0.25) is 0 Å². The summed E-state index contributed by atoms with van der Waals surface area (Å²) >= 11 is 5.23. The predicted octanol–water partition coefficient (Wildman–Crippen LogP) is 4.05. The molecule has 0 aliphatic heterocycles. The Hall–Kier alpha value is -2.20. The lowest BCUT2D eigenvalue weighted by Gasteiger charge is -2.13. The zero-order chi connectivity index (χ0) is 16.3. The first-order valence-corrected chi connectivity index (χ1v) is 7.54. The zero-order valence-corrected chi connectivity index (χ0v) is 14.1. The van der Waals surface area contributed by atoms with Gasteiger partial charge in [-0.15, -0.1) is 0 Å². The Morgan fingerprint density at radius 3 is 2.27 bits per heavy atom. The molecule has 2 rings (SSSR count). The minimum absolute atomic E-state index is 0.203. The second kappa shape index (κ2) is 6.71. The van der Waals surface area contributed by atoms with Crippen molar-refractivity contribution in [3.8, 4) is 0 Å². The second-order valence-corrected chi connectivity index (χ2v) is 5.93. The third-order valence-corrected chi connectivity index (χ3v) is 3.84. The molecule has 0 heterocycles. The number of hydrogen-bond acceptors (Lipinski definition) is 2. The molecule has 3 nitrogen and oxygen atoms in total. The van der Waals surface area contributed by atoms with E-state index in [1.807, 2.05) is 58.0 Å². The van der Waals surface area contributed by atoms with E-state index in [2.05, 4.69) is 10.6 Å². The summed E-state index contributed by atoms with van der Waals surface area (Å²) in [7, 11) is 0.